The van der Waals surface area contributed by atoms with Crippen LogP contribution in [0.25, 0.3) is 0 Å². The Morgan fingerprint density at radius 3 is 1.86 bits per heavy atom. The van der Waals surface area contributed by atoms with Gasteiger partial charge in [0.1, 0.15) is 0 Å². The monoisotopic (exact) mass is 536 g/mol. The van der Waals surface area contributed by atoms with Crippen LogP contribution in [0.1, 0.15) is 71.1 Å². The Kier molecular flexibility index (Phi) is 13.9. The highest BCUT2D eigenvalue weighted by molar-refractivity contribution is 14.2. The molecule has 0 radical (unpaired) electrons. The van der Waals surface area contributed by atoms with Gasteiger partial charge in [0.25, 0.3) is 0 Å². The van der Waals surface area contributed by atoms with Crippen molar-refractivity contribution in [1.29, 1.82) is 0 Å². The third-order valence-electron chi connectivity index (χ3n) is 3.34. The Morgan fingerprint density at radius 1 is 1.00 bits per heavy atom. The van der Waals surface area contributed by atoms with Crippen molar-refractivity contribution in [3.05, 3.63) is 12.2 Å². The second-order valence-corrected chi connectivity index (χ2v) is 18.5. The summed E-state index contributed by atoms with van der Waals surface area (Å²) in [5.41, 5.74) is 0.489. The van der Waals surface area contributed by atoms with Crippen molar-refractivity contribution in [2.45, 2.75) is 72.2 Å². The van der Waals surface area contributed by atoms with Crippen molar-refractivity contribution in [2.75, 3.05) is 6.61 Å². The lowest BCUT2D eigenvalue weighted by atomic mass is 10.1. The topological polar surface area (TPSA) is 26.3 Å². The van der Waals surface area contributed by atoms with Crippen molar-refractivity contribution in [3.63, 3.8) is 0 Å². The summed E-state index contributed by atoms with van der Waals surface area (Å²) in [4.78, 5) is 11.1. The smallest absolute Gasteiger partial charge is 0.333 e. The predicted octanol–water partition coefficient (Wildman–Crippen LogP) is 4.90. The number of esters is 1. The molecule has 0 saturated heterocycles. The molecule has 0 aliphatic heterocycles. The third-order valence-corrected chi connectivity index (χ3v) is 4.92. The van der Waals surface area contributed by atoms with Gasteiger partial charge >= 0.3 is 5.97 Å². The molecule has 0 amide bonds. The summed E-state index contributed by atoms with van der Waals surface area (Å²) in [5.74, 6) is -0.258. The van der Waals surface area contributed by atoms with Crippen LogP contribution in [0.15, 0.2) is 12.2 Å². The standard InChI is InChI=1S/C16H30I2O2Si/c1-14(2)15(19)20-13-11-9-7-5-3-4-6-8-10-12-16(17,18)21/h1,3-13H2,2,21H3. The lowest BCUT2D eigenvalue weighted by Gasteiger charge is -2.13. The Morgan fingerprint density at radius 2 is 1.43 bits per heavy atom. The van der Waals surface area contributed by atoms with Gasteiger partial charge < -0.3 is 4.74 Å². The molecule has 21 heavy (non-hydrogen) atoms. The normalized spacial score (nSPS) is 11.6. The van der Waals surface area contributed by atoms with Crippen molar-refractivity contribution < 1.29 is 9.53 Å². The number of carbonyl (C=O) groups excluding carboxylic acids is 1. The van der Waals surface area contributed by atoms with E-state index in [4.69, 9.17) is 4.74 Å². The number of carbonyl (C=O) groups is 1. The SMILES string of the molecule is C=C(C)C(=O)OCCCCCCCCCCCC([SiH3])(I)I. The minimum atomic E-state index is -0.258. The van der Waals surface area contributed by atoms with Crippen LogP contribution >= 0.6 is 45.2 Å². The van der Waals surface area contributed by atoms with E-state index in [9.17, 15) is 4.79 Å². The molecule has 0 bridgehead atoms. The minimum absolute atomic E-state index is 0.258. The molecule has 0 aliphatic rings. The Balaban J connectivity index is 3.16. The molecule has 0 atom stereocenters. The summed E-state index contributed by atoms with van der Waals surface area (Å²) in [6.45, 7) is 5.79. The summed E-state index contributed by atoms with van der Waals surface area (Å²) < 4.78 is 5.64. The van der Waals surface area contributed by atoms with E-state index in [2.05, 4.69) is 51.8 Å². The molecular weight excluding hydrogens is 506 g/mol. The van der Waals surface area contributed by atoms with E-state index >= 15 is 0 Å². The van der Waals surface area contributed by atoms with Gasteiger partial charge in [-0.3, -0.25) is 0 Å². The van der Waals surface area contributed by atoms with Crippen LogP contribution in [0.2, 0.25) is 0 Å². The van der Waals surface area contributed by atoms with Gasteiger partial charge in [-0.25, -0.2) is 4.79 Å². The molecule has 0 aromatic carbocycles. The zero-order chi connectivity index (χ0) is 16.1. The number of rotatable bonds is 13. The van der Waals surface area contributed by atoms with Gasteiger partial charge in [0.15, 0.2) is 0 Å². The van der Waals surface area contributed by atoms with Crippen LogP contribution in [0.5, 0.6) is 0 Å². The van der Waals surface area contributed by atoms with E-state index in [0.29, 0.717) is 13.2 Å². The Hall–Kier alpha value is 0.887. The molecule has 0 aromatic rings. The van der Waals surface area contributed by atoms with Gasteiger partial charge in [0.2, 0.25) is 0 Å². The van der Waals surface area contributed by atoms with E-state index in [0.717, 1.165) is 12.8 Å². The lowest BCUT2D eigenvalue weighted by Crippen LogP contribution is -2.08. The van der Waals surface area contributed by atoms with Gasteiger partial charge in [-0.2, -0.15) is 0 Å². The van der Waals surface area contributed by atoms with E-state index in [1.54, 1.807) is 6.92 Å². The Labute approximate surface area is 160 Å². The number of hydrogen-bond donors (Lipinski definition) is 0. The predicted molar refractivity (Wildman–Crippen MR) is 113 cm³/mol. The first-order valence-electron chi connectivity index (χ1n) is 8.03. The van der Waals surface area contributed by atoms with Gasteiger partial charge in [0.05, 0.1) is 7.66 Å². The van der Waals surface area contributed by atoms with Gasteiger partial charge in [-0.05, 0) is 19.8 Å². The van der Waals surface area contributed by atoms with Gasteiger partial charge in [0, 0.05) is 15.8 Å². The van der Waals surface area contributed by atoms with Crippen molar-refractivity contribution >= 4 is 61.4 Å². The fourth-order valence-electron chi connectivity index (χ4n) is 2.06. The van der Waals surface area contributed by atoms with Crippen LogP contribution in [-0.4, -0.2) is 23.9 Å². The van der Waals surface area contributed by atoms with Crippen molar-refractivity contribution in [3.8, 4) is 0 Å². The van der Waals surface area contributed by atoms with Crippen LogP contribution < -0.4 is 0 Å². The molecule has 0 N–H and O–H groups in total. The van der Waals surface area contributed by atoms with Crippen molar-refractivity contribution in [1.82, 2.24) is 0 Å². The second-order valence-electron chi connectivity index (χ2n) is 5.92. The molecule has 0 aliphatic carbocycles. The summed E-state index contributed by atoms with van der Waals surface area (Å²) >= 11 is 5.17. The van der Waals surface area contributed by atoms with E-state index in [1.807, 2.05) is 0 Å². The largest absolute Gasteiger partial charge is 0.462 e. The maximum atomic E-state index is 11.1. The average Bonchev–Trinajstić information content (AvgIpc) is 2.38. The third kappa shape index (κ3) is 17.1. The molecule has 0 saturated carbocycles. The van der Waals surface area contributed by atoms with E-state index < -0.39 is 0 Å². The highest BCUT2D eigenvalue weighted by Gasteiger charge is 2.12. The molecule has 0 spiro atoms. The second kappa shape index (κ2) is 13.3. The van der Waals surface area contributed by atoms with Crippen LogP contribution in [-0.2, 0) is 9.53 Å². The van der Waals surface area contributed by atoms with E-state index in [-0.39, 0.29) is 5.97 Å². The summed E-state index contributed by atoms with van der Waals surface area (Å²) in [5, 5.41) is 0. The van der Waals surface area contributed by atoms with Crippen LogP contribution in [0.3, 0.4) is 0 Å². The van der Waals surface area contributed by atoms with Crippen LogP contribution in [0, 0.1) is 0 Å². The average molecular weight is 536 g/mol. The molecule has 0 heterocycles. The number of hydrogen-bond acceptors (Lipinski definition) is 2. The number of ether oxygens (including phenoxy) is 1. The summed E-state index contributed by atoms with van der Waals surface area (Å²) in [6.07, 6.45) is 13.0. The molecule has 0 unspecified atom stereocenters. The summed E-state index contributed by atoms with van der Waals surface area (Å²) in [6, 6.07) is 0. The van der Waals surface area contributed by atoms with Gasteiger partial charge in [-0.1, -0.05) is 103 Å². The quantitative estimate of drug-likeness (QED) is 0.0837. The maximum Gasteiger partial charge on any atom is 0.333 e. The van der Waals surface area contributed by atoms with Crippen LogP contribution in [0.4, 0.5) is 0 Å². The van der Waals surface area contributed by atoms with E-state index in [1.165, 1.54) is 61.6 Å². The number of halogens is 2. The summed E-state index contributed by atoms with van der Waals surface area (Å²) in [7, 11) is 1.28. The minimum Gasteiger partial charge on any atom is -0.462 e. The molecule has 0 fully saturated rings. The van der Waals surface area contributed by atoms with Gasteiger partial charge in [-0.15, -0.1) is 0 Å². The number of unbranched alkanes of at least 4 members (excludes halogenated alkanes) is 8. The molecule has 0 aromatic heterocycles. The lowest BCUT2D eigenvalue weighted by molar-refractivity contribution is -0.139. The fraction of sp³-hybridized carbons (Fsp3) is 0.812. The first-order chi connectivity index (χ1) is 9.83. The number of alkyl halides is 2. The first kappa shape index (κ1) is 21.9. The molecular formula is C16H30I2O2Si. The zero-order valence-corrected chi connectivity index (χ0v) is 19.9. The molecule has 5 heteroatoms. The molecule has 124 valence electrons. The zero-order valence-electron chi connectivity index (χ0n) is 13.6. The maximum absolute atomic E-state index is 11.1. The fourth-order valence-corrected chi connectivity index (χ4v) is 3.18. The van der Waals surface area contributed by atoms with Crippen molar-refractivity contribution in [2.24, 2.45) is 0 Å². The molecule has 0 rings (SSSR count). The first-order valence-corrected chi connectivity index (χ1v) is 11.2. The Bertz CT molecular complexity index is 301. The molecule has 2 nitrogen and oxygen atoms in total. The highest BCUT2D eigenvalue weighted by atomic mass is 127. The highest BCUT2D eigenvalue weighted by Crippen LogP contribution is 2.29.